The number of amides is 2. The van der Waals surface area contributed by atoms with Crippen LogP contribution in [0.4, 0.5) is 0 Å². The summed E-state index contributed by atoms with van der Waals surface area (Å²) in [5.41, 5.74) is 0. The van der Waals surface area contributed by atoms with Crippen LogP contribution in [0.1, 0.15) is 27.2 Å². The minimum Gasteiger partial charge on any atom is -0.343 e. The standard InChI is InChI=1S/C12H22N2O3S/c1-5-9-12(16)14(6-7-18(4)17)10(8(2)3)11(15)13-9/h8-10H,5-7H2,1-4H3,(H,13,15). The van der Waals surface area contributed by atoms with Gasteiger partial charge in [0, 0.05) is 29.4 Å². The van der Waals surface area contributed by atoms with Crippen molar-refractivity contribution in [3.05, 3.63) is 0 Å². The molecule has 0 spiro atoms. The van der Waals surface area contributed by atoms with Gasteiger partial charge in [-0.25, -0.2) is 0 Å². The second kappa shape index (κ2) is 6.31. The zero-order valence-corrected chi connectivity index (χ0v) is 12.3. The van der Waals surface area contributed by atoms with Crippen molar-refractivity contribution in [2.45, 2.75) is 39.3 Å². The Kier molecular flexibility index (Phi) is 5.31. The van der Waals surface area contributed by atoms with Gasteiger partial charge in [-0.2, -0.15) is 0 Å². The zero-order chi connectivity index (χ0) is 13.9. The highest BCUT2D eigenvalue weighted by Gasteiger charge is 2.40. The minimum atomic E-state index is -0.960. The topological polar surface area (TPSA) is 66.5 Å². The van der Waals surface area contributed by atoms with E-state index in [1.165, 1.54) is 0 Å². The Morgan fingerprint density at radius 1 is 1.39 bits per heavy atom. The van der Waals surface area contributed by atoms with Crippen LogP contribution in [-0.2, 0) is 20.4 Å². The summed E-state index contributed by atoms with van der Waals surface area (Å²) in [5.74, 6) is 0.315. The molecule has 3 atom stereocenters. The Bertz CT molecular complexity index is 357. The van der Waals surface area contributed by atoms with Crippen LogP contribution in [0.15, 0.2) is 0 Å². The van der Waals surface area contributed by atoms with Gasteiger partial charge in [0.15, 0.2) is 0 Å². The SMILES string of the molecule is CCC1NC(=O)C(C(C)C)N(CCS(C)=O)C1=O. The molecule has 1 rings (SSSR count). The maximum absolute atomic E-state index is 12.2. The summed E-state index contributed by atoms with van der Waals surface area (Å²) in [5, 5.41) is 2.76. The second-order valence-electron chi connectivity index (χ2n) is 4.97. The summed E-state index contributed by atoms with van der Waals surface area (Å²) >= 11 is 0. The minimum absolute atomic E-state index is 0.0528. The highest BCUT2D eigenvalue weighted by molar-refractivity contribution is 7.84. The highest BCUT2D eigenvalue weighted by atomic mass is 32.2. The Labute approximate surface area is 111 Å². The molecule has 1 aliphatic heterocycles. The first-order valence-electron chi connectivity index (χ1n) is 6.29. The number of rotatable bonds is 5. The molecule has 0 aromatic rings. The number of nitrogens with zero attached hydrogens (tertiary/aromatic N) is 1. The van der Waals surface area contributed by atoms with Crippen LogP contribution in [-0.4, -0.2) is 51.6 Å². The molecule has 0 aromatic carbocycles. The van der Waals surface area contributed by atoms with Crippen molar-refractivity contribution in [2.24, 2.45) is 5.92 Å². The van der Waals surface area contributed by atoms with E-state index < -0.39 is 22.9 Å². The van der Waals surface area contributed by atoms with E-state index in [-0.39, 0.29) is 17.7 Å². The molecule has 0 aliphatic carbocycles. The Hall–Kier alpha value is -0.910. The van der Waals surface area contributed by atoms with E-state index in [1.807, 2.05) is 20.8 Å². The Balaban J connectivity index is 2.90. The maximum atomic E-state index is 12.2. The zero-order valence-electron chi connectivity index (χ0n) is 11.4. The van der Waals surface area contributed by atoms with Crippen LogP contribution in [0, 0.1) is 5.92 Å². The molecule has 0 aromatic heterocycles. The van der Waals surface area contributed by atoms with Gasteiger partial charge in [0.1, 0.15) is 12.1 Å². The van der Waals surface area contributed by atoms with E-state index in [4.69, 9.17) is 0 Å². The van der Waals surface area contributed by atoms with Crippen molar-refractivity contribution in [1.82, 2.24) is 10.2 Å². The first kappa shape index (κ1) is 15.1. The molecule has 6 heteroatoms. The average molecular weight is 274 g/mol. The lowest BCUT2D eigenvalue weighted by atomic mass is 9.96. The molecule has 1 heterocycles. The van der Waals surface area contributed by atoms with Gasteiger partial charge in [-0.05, 0) is 12.3 Å². The van der Waals surface area contributed by atoms with Crippen LogP contribution in [0.2, 0.25) is 0 Å². The fourth-order valence-corrected chi connectivity index (χ4v) is 2.67. The maximum Gasteiger partial charge on any atom is 0.245 e. The van der Waals surface area contributed by atoms with Gasteiger partial charge >= 0.3 is 0 Å². The fourth-order valence-electron chi connectivity index (χ4n) is 2.21. The summed E-state index contributed by atoms with van der Waals surface area (Å²) in [6, 6.07) is -0.873. The van der Waals surface area contributed by atoms with Crippen molar-refractivity contribution in [3.8, 4) is 0 Å². The van der Waals surface area contributed by atoms with E-state index in [1.54, 1.807) is 11.2 Å². The van der Waals surface area contributed by atoms with Gasteiger partial charge < -0.3 is 10.2 Å². The molecule has 1 saturated heterocycles. The van der Waals surface area contributed by atoms with E-state index in [9.17, 15) is 13.8 Å². The monoisotopic (exact) mass is 274 g/mol. The number of hydrogen-bond donors (Lipinski definition) is 1. The smallest absolute Gasteiger partial charge is 0.245 e. The third-order valence-electron chi connectivity index (χ3n) is 3.16. The van der Waals surface area contributed by atoms with Crippen molar-refractivity contribution in [1.29, 1.82) is 0 Å². The lowest BCUT2D eigenvalue weighted by molar-refractivity contribution is -0.150. The summed E-state index contributed by atoms with van der Waals surface area (Å²) < 4.78 is 11.2. The van der Waals surface area contributed by atoms with E-state index in [2.05, 4.69) is 5.32 Å². The molecule has 1 fully saturated rings. The fraction of sp³-hybridized carbons (Fsp3) is 0.833. The summed E-state index contributed by atoms with van der Waals surface area (Å²) in [4.78, 5) is 25.9. The lowest BCUT2D eigenvalue weighted by Crippen LogP contribution is -2.65. The molecule has 18 heavy (non-hydrogen) atoms. The third kappa shape index (κ3) is 3.31. The number of hydrogen-bond acceptors (Lipinski definition) is 3. The van der Waals surface area contributed by atoms with Crippen LogP contribution < -0.4 is 5.32 Å². The predicted molar refractivity (Wildman–Crippen MR) is 71.5 cm³/mol. The predicted octanol–water partition coefficient (Wildman–Crippen LogP) is 0.127. The summed E-state index contributed by atoms with van der Waals surface area (Å²) in [6.45, 7) is 6.09. The van der Waals surface area contributed by atoms with Gasteiger partial charge in [0.05, 0.1) is 0 Å². The number of piperazine rings is 1. The van der Waals surface area contributed by atoms with Crippen molar-refractivity contribution < 1.29 is 13.8 Å². The van der Waals surface area contributed by atoms with Crippen molar-refractivity contribution in [2.75, 3.05) is 18.6 Å². The lowest BCUT2D eigenvalue weighted by Gasteiger charge is -2.40. The molecule has 2 amide bonds. The summed E-state index contributed by atoms with van der Waals surface area (Å²) in [7, 11) is -0.960. The largest absolute Gasteiger partial charge is 0.343 e. The van der Waals surface area contributed by atoms with Crippen molar-refractivity contribution in [3.63, 3.8) is 0 Å². The second-order valence-corrected chi connectivity index (χ2v) is 6.52. The average Bonchev–Trinajstić information content (AvgIpc) is 2.28. The molecule has 0 radical (unpaired) electrons. The Morgan fingerprint density at radius 2 is 2.00 bits per heavy atom. The third-order valence-corrected chi connectivity index (χ3v) is 3.92. The highest BCUT2D eigenvalue weighted by Crippen LogP contribution is 2.18. The van der Waals surface area contributed by atoms with E-state index in [0.29, 0.717) is 18.7 Å². The van der Waals surface area contributed by atoms with Crippen molar-refractivity contribution >= 4 is 22.6 Å². The first-order chi connectivity index (χ1) is 8.38. The molecule has 1 N–H and O–H groups in total. The molecular formula is C12H22N2O3S. The van der Waals surface area contributed by atoms with Gasteiger partial charge in [-0.3, -0.25) is 13.8 Å². The van der Waals surface area contributed by atoms with Crippen LogP contribution in [0.3, 0.4) is 0 Å². The molecule has 5 nitrogen and oxygen atoms in total. The number of carbonyl (C=O) groups excluding carboxylic acids is 2. The molecule has 104 valence electrons. The molecular weight excluding hydrogens is 252 g/mol. The van der Waals surface area contributed by atoms with E-state index >= 15 is 0 Å². The van der Waals surface area contributed by atoms with Gasteiger partial charge in [-0.1, -0.05) is 20.8 Å². The normalized spacial score (nSPS) is 26.4. The van der Waals surface area contributed by atoms with Crippen LogP contribution in [0.25, 0.3) is 0 Å². The molecule has 0 bridgehead atoms. The van der Waals surface area contributed by atoms with Gasteiger partial charge in [0.25, 0.3) is 0 Å². The van der Waals surface area contributed by atoms with Crippen LogP contribution >= 0.6 is 0 Å². The number of nitrogens with one attached hydrogen (secondary N) is 1. The van der Waals surface area contributed by atoms with Gasteiger partial charge in [0.2, 0.25) is 11.8 Å². The summed E-state index contributed by atoms with van der Waals surface area (Å²) in [6.07, 6.45) is 2.19. The Morgan fingerprint density at radius 3 is 2.44 bits per heavy atom. The van der Waals surface area contributed by atoms with Crippen LogP contribution in [0.5, 0.6) is 0 Å². The molecule has 3 unspecified atom stereocenters. The van der Waals surface area contributed by atoms with E-state index in [0.717, 1.165) is 0 Å². The quantitative estimate of drug-likeness (QED) is 0.775. The molecule has 1 aliphatic rings. The first-order valence-corrected chi connectivity index (χ1v) is 8.02. The molecule has 0 saturated carbocycles. The van der Waals surface area contributed by atoms with Gasteiger partial charge in [-0.15, -0.1) is 0 Å². The number of carbonyl (C=O) groups is 2.